The summed E-state index contributed by atoms with van der Waals surface area (Å²) < 4.78 is 7.09. The van der Waals surface area contributed by atoms with Crippen molar-refractivity contribution in [1.82, 2.24) is 24.1 Å². The number of hydrogen-bond donors (Lipinski definition) is 0. The van der Waals surface area contributed by atoms with Gasteiger partial charge in [-0.3, -0.25) is 0 Å². The van der Waals surface area contributed by atoms with Gasteiger partial charge in [-0.05, 0) is 71.8 Å². The summed E-state index contributed by atoms with van der Waals surface area (Å²) in [6, 6.07) is 75.5. The standard InChI is InChI=1S/C57H35N5S/c1-4-17-36(18-5-1)38-31-32-52-46(33-38)47-34-40(61-49-28-13-10-23-41(49)42-24-11-14-29-50(42)61)35-48(54(47)63-52)57-59-55(37-19-6-2-7-20-37)58-56(60-57)45-27-16-26-44-43-25-12-15-30-51(43)62(53(44)45)39-21-8-3-9-22-39/h1-35H. The van der Waals surface area contributed by atoms with Crippen molar-refractivity contribution in [3.63, 3.8) is 0 Å². The summed E-state index contributed by atoms with van der Waals surface area (Å²) in [5.41, 5.74) is 11.8. The second kappa shape index (κ2) is 14.2. The van der Waals surface area contributed by atoms with Crippen molar-refractivity contribution in [2.24, 2.45) is 0 Å². The zero-order valence-electron chi connectivity index (χ0n) is 33.9. The molecule has 63 heavy (non-hydrogen) atoms. The second-order valence-corrected chi connectivity index (χ2v) is 17.0. The molecular weight excluding hydrogens is 787 g/mol. The molecule has 13 aromatic rings. The number of fused-ring (bicyclic) bond motifs is 9. The first-order valence-electron chi connectivity index (χ1n) is 21.2. The predicted molar refractivity (Wildman–Crippen MR) is 263 cm³/mol. The van der Waals surface area contributed by atoms with Crippen molar-refractivity contribution in [2.45, 2.75) is 0 Å². The van der Waals surface area contributed by atoms with Gasteiger partial charge >= 0.3 is 0 Å². The number of aromatic nitrogens is 5. The quantitative estimate of drug-likeness (QED) is 0.168. The fourth-order valence-electron chi connectivity index (χ4n) is 9.55. The van der Waals surface area contributed by atoms with E-state index in [2.05, 4.69) is 203 Å². The van der Waals surface area contributed by atoms with E-state index in [0.717, 1.165) is 65.6 Å². The lowest BCUT2D eigenvalue weighted by Crippen LogP contribution is -2.03. The van der Waals surface area contributed by atoms with E-state index in [-0.39, 0.29) is 0 Å². The zero-order chi connectivity index (χ0) is 41.4. The highest BCUT2D eigenvalue weighted by Gasteiger charge is 2.23. The molecule has 4 aromatic heterocycles. The highest BCUT2D eigenvalue weighted by Crippen LogP contribution is 2.45. The van der Waals surface area contributed by atoms with Crippen LogP contribution in [0.4, 0.5) is 0 Å². The van der Waals surface area contributed by atoms with Crippen LogP contribution in [-0.4, -0.2) is 24.1 Å². The Balaban J connectivity index is 1.14. The van der Waals surface area contributed by atoms with Gasteiger partial charge in [0.1, 0.15) is 0 Å². The van der Waals surface area contributed by atoms with Gasteiger partial charge < -0.3 is 9.13 Å². The smallest absolute Gasteiger partial charge is 0.166 e. The molecule has 0 bridgehead atoms. The van der Waals surface area contributed by atoms with E-state index in [1.54, 1.807) is 11.3 Å². The molecule has 0 aliphatic carbocycles. The molecule has 0 radical (unpaired) electrons. The van der Waals surface area contributed by atoms with Gasteiger partial charge in [0.25, 0.3) is 0 Å². The van der Waals surface area contributed by atoms with Crippen LogP contribution in [0.3, 0.4) is 0 Å². The highest BCUT2D eigenvalue weighted by molar-refractivity contribution is 7.26. The van der Waals surface area contributed by atoms with Gasteiger partial charge in [0.15, 0.2) is 17.5 Å². The largest absolute Gasteiger partial charge is 0.309 e. The minimum absolute atomic E-state index is 0.618. The maximum Gasteiger partial charge on any atom is 0.166 e. The first-order chi connectivity index (χ1) is 31.2. The molecule has 0 spiro atoms. The van der Waals surface area contributed by atoms with E-state index >= 15 is 0 Å². The molecular formula is C57H35N5S. The predicted octanol–water partition coefficient (Wildman–Crippen LogP) is 15.1. The Morgan fingerprint density at radius 2 is 0.857 bits per heavy atom. The van der Waals surface area contributed by atoms with Crippen molar-refractivity contribution >= 4 is 75.1 Å². The van der Waals surface area contributed by atoms with Gasteiger partial charge in [-0.2, -0.15) is 0 Å². The van der Waals surface area contributed by atoms with Crippen LogP contribution >= 0.6 is 11.3 Å². The lowest BCUT2D eigenvalue weighted by atomic mass is 10.0. The van der Waals surface area contributed by atoms with E-state index in [0.29, 0.717) is 17.5 Å². The van der Waals surface area contributed by atoms with Crippen LogP contribution in [0.2, 0.25) is 0 Å². The topological polar surface area (TPSA) is 48.5 Å². The Hall–Kier alpha value is -8.19. The van der Waals surface area contributed by atoms with Gasteiger partial charge in [0.05, 0.1) is 22.1 Å². The van der Waals surface area contributed by atoms with Gasteiger partial charge in [0.2, 0.25) is 0 Å². The molecule has 0 saturated carbocycles. The van der Waals surface area contributed by atoms with Crippen molar-refractivity contribution < 1.29 is 0 Å². The monoisotopic (exact) mass is 821 g/mol. The first kappa shape index (κ1) is 35.6. The zero-order valence-corrected chi connectivity index (χ0v) is 34.7. The van der Waals surface area contributed by atoms with Crippen molar-refractivity contribution in [3.05, 3.63) is 212 Å². The van der Waals surface area contributed by atoms with Crippen molar-refractivity contribution in [1.29, 1.82) is 0 Å². The fourth-order valence-corrected chi connectivity index (χ4v) is 10.7. The molecule has 0 amide bonds. The highest BCUT2D eigenvalue weighted by atomic mass is 32.1. The lowest BCUT2D eigenvalue weighted by molar-refractivity contribution is 1.07. The third kappa shape index (κ3) is 5.66. The molecule has 6 heteroatoms. The van der Waals surface area contributed by atoms with Crippen LogP contribution in [0.15, 0.2) is 212 Å². The van der Waals surface area contributed by atoms with E-state index in [9.17, 15) is 0 Å². The van der Waals surface area contributed by atoms with E-state index in [4.69, 9.17) is 15.0 Å². The average molecular weight is 822 g/mol. The third-order valence-electron chi connectivity index (χ3n) is 12.4. The molecule has 0 unspecified atom stereocenters. The molecule has 0 saturated heterocycles. The summed E-state index contributed by atoms with van der Waals surface area (Å²) in [6.45, 7) is 0. The normalized spacial score (nSPS) is 11.8. The van der Waals surface area contributed by atoms with E-state index in [1.807, 2.05) is 18.2 Å². The number of rotatable bonds is 6. The summed E-state index contributed by atoms with van der Waals surface area (Å²) in [5, 5.41) is 7.12. The Labute approximate surface area is 366 Å². The molecule has 0 atom stereocenters. The molecule has 0 aliphatic rings. The molecule has 0 N–H and O–H groups in total. The second-order valence-electron chi connectivity index (χ2n) is 16.0. The molecule has 0 aliphatic heterocycles. The van der Waals surface area contributed by atoms with Crippen molar-refractivity contribution in [2.75, 3.05) is 0 Å². The fraction of sp³-hybridized carbons (Fsp3) is 0. The maximum atomic E-state index is 5.55. The average Bonchev–Trinajstić information content (AvgIpc) is 4.02. The summed E-state index contributed by atoms with van der Waals surface area (Å²) >= 11 is 1.80. The maximum absolute atomic E-state index is 5.55. The molecule has 4 heterocycles. The van der Waals surface area contributed by atoms with Crippen LogP contribution in [0.1, 0.15) is 0 Å². The molecule has 294 valence electrons. The molecule has 5 nitrogen and oxygen atoms in total. The Bertz CT molecular complexity index is 3850. The summed E-state index contributed by atoms with van der Waals surface area (Å²) in [7, 11) is 0. The first-order valence-corrected chi connectivity index (χ1v) is 22.0. The van der Waals surface area contributed by atoms with Gasteiger partial charge in [0, 0.05) is 69.8 Å². The minimum Gasteiger partial charge on any atom is -0.309 e. The Morgan fingerprint density at radius 3 is 1.54 bits per heavy atom. The Morgan fingerprint density at radius 1 is 0.317 bits per heavy atom. The number of para-hydroxylation sites is 5. The van der Waals surface area contributed by atoms with Crippen LogP contribution in [-0.2, 0) is 0 Å². The lowest BCUT2D eigenvalue weighted by Gasteiger charge is -2.14. The Kier molecular flexibility index (Phi) is 8.01. The minimum atomic E-state index is 0.618. The summed E-state index contributed by atoms with van der Waals surface area (Å²) in [4.78, 5) is 16.3. The van der Waals surface area contributed by atoms with E-state index < -0.39 is 0 Å². The number of nitrogens with zero attached hydrogens (tertiary/aromatic N) is 5. The SMILES string of the molecule is c1ccc(-c2ccc3sc4c(-c5nc(-c6ccccc6)nc(-c6cccc7c8ccccc8n(-c8ccccc8)c67)n5)cc(-n5c6ccccc6c6ccccc65)cc4c3c2)cc1. The number of thiophene rings is 1. The van der Waals surface area contributed by atoms with Crippen molar-refractivity contribution in [3.8, 4) is 56.7 Å². The van der Waals surface area contributed by atoms with Crippen LogP contribution in [0.5, 0.6) is 0 Å². The van der Waals surface area contributed by atoms with Crippen LogP contribution in [0, 0.1) is 0 Å². The molecule has 0 fully saturated rings. The molecule has 13 rings (SSSR count). The van der Waals surface area contributed by atoms with Gasteiger partial charge in [-0.1, -0.05) is 152 Å². The van der Waals surface area contributed by atoms with E-state index in [1.165, 1.54) is 37.4 Å². The summed E-state index contributed by atoms with van der Waals surface area (Å²) in [6.07, 6.45) is 0. The molecule has 9 aromatic carbocycles. The third-order valence-corrected chi connectivity index (χ3v) is 13.6. The summed E-state index contributed by atoms with van der Waals surface area (Å²) in [5.74, 6) is 1.87. The van der Waals surface area contributed by atoms with Gasteiger partial charge in [-0.25, -0.2) is 15.0 Å². The number of hydrogen-bond acceptors (Lipinski definition) is 4. The van der Waals surface area contributed by atoms with Crippen LogP contribution in [0.25, 0.3) is 120 Å². The number of benzene rings is 9. The van der Waals surface area contributed by atoms with Crippen LogP contribution < -0.4 is 0 Å². The van der Waals surface area contributed by atoms with Gasteiger partial charge in [-0.15, -0.1) is 11.3 Å².